The van der Waals surface area contributed by atoms with Crippen LogP contribution in [0.5, 0.6) is 5.75 Å². The van der Waals surface area contributed by atoms with E-state index in [2.05, 4.69) is 53.4 Å². The van der Waals surface area contributed by atoms with Crippen LogP contribution in [0.2, 0.25) is 10.0 Å². The predicted octanol–water partition coefficient (Wildman–Crippen LogP) is 8.19. The Morgan fingerprint density at radius 2 is 1.80 bits per heavy atom. The van der Waals surface area contributed by atoms with Crippen molar-refractivity contribution in [2.24, 2.45) is 5.16 Å². The van der Waals surface area contributed by atoms with Gasteiger partial charge in [-0.15, -0.1) is 0 Å². The van der Waals surface area contributed by atoms with Gasteiger partial charge in [-0.3, -0.25) is 4.90 Å². The van der Waals surface area contributed by atoms with E-state index in [1.54, 1.807) is 0 Å². The number of hydrogen-bond donors (Lipinski definition) is 0. The van der Waals surface area contributed by atoms with Crippen LogP contribution in [-0.4, -0.2) is 42.3 Å². The molecular weight excluding hydrogens is 555 g/mol. The van der Waals surface area contributed by atoms with Crippen molar-refractivity contribution < 1.29 is 14.4 Å². The zero-order chi connectivity index (χ0) is 28.3. The fourth-order valence-electron chi connectivity index (χ4n) is 6.13. The number of hydrogen-bond acceptors (Lipinski definition) is 5. The van der Waals surface area contributed by atoms with Gasteiger partial charge in [0.05, 0.1) is 12.1 Å². The van der Waals surface area contributed by atoms with E-state index >= 15 is 0 Å². The lowest BCUT2D eigenvalue weighted by Gasteiger charge is -2.19. The molecular formula is C34H34Cl2N2O3. The van der Waals surface area contributed by atoms with Crippen LogP contribution in [0.4, 0.5) is 0 Å². The molecule has 1 fully saturated rings. The Hall–Kier alpha value is -3.12. The molecule has 1 saturated heterocycles. The maximum Gasteiger partial charge on any atom is 0.341 e. The van der Waals surface area contributed by atoms with Crippen LogP contribution in [0.25, 0.3) is 11.1 Å². The number of unbranched alkanes of at least 4 members (excludes halogenated alkanes) is 1. The first-order valence-corrected chi connectivity index (χ1v) is 15.3. The van der Waals surface area contributed by atoms with Crippen LogP contribution in [0, 0.1) is 0 Å². The molecule has 0 amide bonds. The Bertz CT molecular complexity index is 1510. The van der Waals surface area contributed by atoms with Crippen molar-refractivity contribution in [3.8, 4) is 5.75 Å². The summed E-state index contributed by atoms with van der Waals surface area (Å²) in [5, 5.41) is 5.27. The minimum Gasteiger partial charge on any atom is -0.489 e. The number of carbonyl (C=O) groups is 1. The molecule has 41 heavy (non-hydrogen) atoms. The highest BCUT2D eigenvalue weighted by Crippen LogP contribution is 2.43. The average Bonchev–Trinajstić information content (AvgIpc) is 3.56. The molecule has 3 aromatic rings. The summed E-state index contributed by atoms with van der Waals surface area (Å²) in [6, 6.07) is 20.6. The lowest BCUT2D eigenvalue weighted by Crippen LogP contribution is -2.25. The lowest BCUT2D eigenvalue weighted by molar-refractivity contribution is -0.140. The van der Waals surface area contributed by atoms with Gasteiger partial charge >= 0.3 is 5.97 Å². The molecule has 2 aliphatic heterocycles. The van der Waals surface area contributed by atoms with Gasteiger partial charge in [0.25, 0.3) is 0 Å². The van der Waals surface area contributed by atoms with Gasteiger partial charge in [-0.1, -0.05) is 72.0 Å². The Morgan fingerprint density at radius 3 is 2.56 bits per heavy atom. The number of nitrogens with zero attached hydrogens (tertiary/aromatic N) is 2. The van der Waals surface area contributed by atoms with E-state index in [1.807, 2.05) is 24.3 Å². The maximum atomic E-state index is 11.7. The highest BCUT2D eigenvalue weighted by molar-refractivity contribution is 6.36. The van der Waals surface area contributed by atoms with Gasteiger partial charge in [0.2, 0.25) is 0 Å². The van der Waals surface area contributed by atoms with Crippen molar-refractivity contribution in [1.29, 1.82) is 0 Å². The molecule has 0 bridgehead atoms. The van der Waals surface area contributed by atoms with Gasteiger partial charge < -0.3 is 9.57 Å². The third-order valence-electron chi connectivity index (χ3n) is 8.21. The highest BCUT2D eigenvalue weighted by atomic mass is 35.5. The highest BCUT2D eigenvalue weighted by Gasteiger charge is 2.26. The van der Waals surface area contributed by atoms with Gasteiger partial charge in [0, 0.05) is 28.7 Å². The number of fused-ring (bicyclic) bond motifs is 1. The summed E-state index contributed by atoms with van der Waals surface area (Å²) in [5.41, 5.74) is 8.46. The van der Waals surface area contributed by atoms with E-state index in [0.717, 1.165) is 78.9 Å². The average molecular weight is 590 g/mol. The normalized spacial score (nSPS) is 19.1. The third kappa shape index (κ3) is 6.23. The zero-order valence-electron chi connectivity index (χ0n) is 23.3. The Morgan fingerprint density at radius 1 is 1.00 bits per heavy atom. The molecule has 0 aromatic heterocycles. The van der Waals surface area contributed by atoms with Crippen molar-refractivity contribution in [3.05, 3.63) is 98.5 Å². The molecule has 6 rings (SSSR count). The molecule has 3 aromatic carbocycles. The second-order valence-electron chi connectivity index (χ2n) is 11.1. The largest absolute Gasteiger partial charge is 0.489 e. The minimum atomic E-state index is -0.316. The quantitative estimate of drug-likeness (QED) is 0.249. The summed E-state index contributed by atoms with van der Waals surface area (Å²) in [7, 11) is 0. The van der Waals surface area contributed by atoms with E-state index in [0.29, 0.717) is 15.8 Å². The number of rotatable bonds is 8. The molecule has 0 unspecified atom stereocenters. The number of halogens is 2. The number of aryl methyl sites for hydroxylation is 1. The molecule has 0 spiro atoms. The summed E-state index contributed by atoms with van der Waals surface area (Å²) < 4.78 is 6.40. The number of benzene rings is 3. The van der Waals surface area contributed by atoms with E-state index in [4.69, 9.17) is 32.8 Å². The molecule has 0 N–H and O–H groups in total. The Kier molecular flexibility index (Phi) is 8.47. The number of allylic oxidation sites excluding steroid dienone is 1. The van der Waals surface area contributed by atoms with Crippen LogP contribution < -0.4 is 4.74 Å². The van der Waals surface area contributed by atoms with Crippen LogP contribution in [-0.2, 0) is 16.1 Å². The van der Waals surface area contributed by atoms with Gasteiger partial charge in [-0.2, -0.15) is 0 Å². The van der Waals surface area contributed by atoms with Gasteiger partial charge in [0.15, 0.2) is 0 Å². The first-order valence-electron chi connectivity index (χ1n) is 14.6. The molecule has 5 nitrogen and oxygen atoms in total. The summed E-state index contributed by atoms with van der Waals surface area (Å²) in [6.45, 7) is 5.48. The van der Waals surface area contributed by atoms with Crippen molar-refractivity contribution in [2.45, 2.75) is 58.0 Å². The molecule has 0 radical (unpaired) electrons. The molecule has 2 heterocycles. The van der Waals surface area contributed by atoms with Crippen molar-refractivity contribution in [1.82, 2.24) is 4.90 Å². The second-order valence-corrected chi connectivity index (χ2v) is 11.9. The van der Waals surface area contributed by atoms with Gasteiger partial charge in [0.1, 0.15) is 11.9 Å². The topological polar surface area (TPSA) is 51.1 Å². The number of oxime groups is 1. The predicted molar refractivity (Wildman–Crippen MR) is 166 cm³/mol. The molecule has 7 heteroatoms. The molecule has 212 valence electrons. The maximum absolute atomic E-state index is 11.7. The second kappa shape index (κ2) is 12.4. The van der Waals surface area contributed by atoms with Crippen molar-refractivity contribution in [3.63, 3.8) is 0 Å². The molecule has 1 aliphatic carbocycles. The zero-order valence-corrected chi connectivity index (χ0v) is 24.8. The summed E-state index contributed by atoms with van der Waals surface area (Å²) >= 11 is 13.1. The van der Waals surface area contributed by atoms with Crippen molar-refractivity contribution in [2.75, 3.05) is 19.6 Å². The van der Waals surface area contributed by atoms with Crippen LogP contribution >= 0.6 is 23.2 Å². The van der Waals surface area contributed by atoms with E-state index in [1.165, 1.54) is 24.0 Å². The van der Waals surface area contributed by atoms with Gasteiger partial charge in [-0.25, -0.2) is 4.79 Å². The van der Waals surface area contributed by atoms with Crippen molar-refractivity contribution >= 4 is 46.0 Å². The number of ether oxygens (including phenoxy) is 1. The van der Waals surface area contributed by atoms with Crippen LogP contribution in [0.1, 0.15) is 73.3 Å². The number of carbonyl (C=O) groups excluding carboxylic acids is 1. The monoisotopic (exact) mass is 588 g/mol. The van der Waals surface area contributed by atoms with Crippen LogP contribution in [0.15, 0.2) is 65.8 Å². The van der Waals surface area contributed by atoms with Crippen LogP contribution in [0.3, 0.4) is 0 Å². The van der Waals surface area contributed by atoms with E-state index < -0.39 is 0 Å². The number of likely N-dealkylation sites (tertiary alicyclic amines) is 1. The third-order valence-corrected chi connectivity index (χ3v) is 8.76. The standard InChI is InChI=1S/C34H34Cl2N2O3/c1-2-3-16-38-17-15-27(21-38)40-26-11-7-22(8-12-26)34-28-13-9-24(32-20-33(39)41-37-32)18-23(28)5-4-6-30(34)29-14-10-25(35)19-31(29)36/h7-14,18-19,27H,2-6,15-17,20-21H2,1H3/t27-/m0/s1. The smallest absolute Gasteiger partial charge is 0.341 e. The minimum absolute atomic E-state index is 0.200. The molecule has 0 saturated carbocycles. The first-order chi connectivity index (χ1) is 20.0. The van der Waals surface area contributed by atoms with E-state index in [-0.39, 0.29) is 18.5 Å². The Balaban J connectivity index is 1.36. The summed E-state index contributed by atoms with van der Waals surface area (Å²) in [5.74, 6) is 0.583. The molecule has 1 atom stereocenters. The first kappa shape index (κ1) is 28.0. The fourth-order valence-corrected chi connectivity index (χ4v) is 6.66. The fraction of sp³-hybridized carbons (Fsp3) is 0.353. The SMILES string of the molecule is CCCCN1CC[C@H](Oc2ccc(C3=C(c4ccc(Cl)cc4Cl)CCCc4cc(C5=NOC(=O)C5)ccc43)cc2)C1. The van der Waals surface area contributed by atoms with Gasteiger partial charge in [-0.05, 0) is 102 Å². The Labute approximate surface area is 251 Å². The van der Waals surface area contributed by atoms with E-state index in [9.17, 15) is 4.79 Å². The molecule has 3 aliphatic rings. The summed E-state index contributed by atoms with van der Waals surface area (Å²) in [4.78, 5) is 19.0. The lowest BCUT2D eigenvalue weighted by atomic mass is 9.87. The summed E-state index contributed by atoms with van der Waals surface area (Å²) in [6.07, 6.45) is 6.69.